The summed E-state index contributed by atoms with van der Waals surface area (Å²) in [5.41, 5.74) is 0. The number of hydrogen-bond donors (Lipinski definition) is 1. The molecule has 10 heteroatoms. The normalized spacial score (nSPS) is 14.4. The third-order valence-corrected chi connectivity index (χ3v) is 11.6. The molecule has 2 unspecified atom stereocenters. The number of carbonyl (C=O) groups excluding carboxylic acids is 2. The maximum Gasteiger partial charge on any atom is 0.472 e. The highest BCUT2D eigenvalue weighted by molar-refractivity contribution is 7.47. The number of esters is 2. The molecular weight excluding hydrogens is 894 g/mol. The molecule has 0 spiro atoms. The summed E-state index contributed by atoms with van der Waals surface area (Å²) in [6, 6.07) is 0. The molecule has 9 nitrogen and oxygen atoms in total. The van der Waals surface area contributed by atoms with Gasteiger partial charge in [0.1, 0.15) is 19.8 Å². The molecule has 0 rings (SSSR count). The third kappa shape index (κ3) is 53.5. The molecule has 1 N–H and O–H groups in total. The Morgan fingerprint density at radius 2 is 0.814 bits per heavy atom. The molecule has 0 aliphatic rings. The molecule has 2 atom stereocenters. The Morgan fingerprint density at radius 1 is 0.457 bits per heavy atom. The first-order valence-corrected chi connectivity index (χ1v) is 28.4. The number of phosphoric ester groups is 1. The van der Waals surface area contributed by atoms with Crippen molar-refractivity contribution in [2.75, 3.05) is 47.5 Å². The molecular formula is C60H99NO8P+. The summed E-state index contributed by atoms with van der Waals surface area (Å²) in [5, 5.41) is 0. The Hall–Kier alpha value is -3.85. The number of hydrogen-bond acceptors (Lipinski definition) is 7. The van der Waals surface area contributed by atoms with E-state index in [9.17, 15) is 19.0 Å². The van der Waals surface area contributed by atoms with Gasteiger partial charge in [-0.1, -0.05) is 186 Å². The number of carbonyl (C=O) groups is 2. The lowest BCUT2D eigenvalue weighted by atomic mass is 10.1. The second-order valence-electron chi connectivity index (χ2n) is 18.5. The van der Waals surface area contributed by atoms with E-state index in [4.69, 9.17) is 18.5 Å². The lowest BCUT2D eigenvalue weighted by Crippen LogP contribution is -2.37. The molecule has 0 aliphatic carbocycles. The molecule has 0 amide bonds. The number of nitrogens with zero attached hydrogens (tertiary/aromatic N) is 1. The molecule has 396 valence electrons. The lowest BCUT2D eigenvalue weighted by Gasteiger charge is -2.24. The predicted octanol–water partition coefficient (Wildman–Crippen LogP) is 16.6. The summed E-state index contributed by atoms with van der Waals surface area (Å²) < 4.78 is 34.4. The Morgan fingerprint density at radius 3 is 1.24 bits per heavy atom. The van der Waals surface area contributed by atoms with Crippen molar-refractivity contribution >= 4 is 19.8 Å². The topological polar surface area (TPSA) is 108 Å². The van der Waals surface area contributed by atoms with Crippen LogP contribution >= 0.6 is 7.82 Å². The van der Waals surface area contributed by atoms with Gasteiger partial charge in [-0.3, -0.25) is 18.6 Å². The average Bonchev–Trinajstić information content (AvgIpc) is 3.32. The van der Waals surface area contributed by atoms with Crippen LogP contribution in [0.4, 0.5) is 0 Å². The first-order chi connectivity index (χ1) is 34.0. The van der Waals surface area contributed by atoms with Crippen molar-refractivity contribution < 1.29 is 42.1 Å². The Balaban J connectivity index is 4.39. The van der Waals surface area contributed by atoms with Crippen LogP contribution in [-0.2, 0) is 32.7 Å². The highest BCUT2D eigenvalue weighted by Gasteiger charge is 2.27. The molecule has 0 aromatic heterocycles. The average molecular weight is 993 g/mol. The van der Waals surface area contributed by atoms with E-state index in [0.29, 0.717) is 23.9 Å². The zero-order valence-electron chi connectivity index (χ0n) is 44.7. The minimum Gasteiger partial charge on any atom is -0.462 e. The largest absolute Gasteiger partial charge is 0.472 e. The maximum absolute atomic E-state index is 12.8. The van der Waals surface area contributed by atoms with E-state index in [1.54, 1.807) is 0 Å². The molecule has 0 radical (unpaired) electrons. The number of quaternary nitrogens is 1. The minimum absolute atomic E-state index is 0.0123. The van der Waals surface area contributed by atoms with Crippen LogP contribution in [0, 0.1) is 0 Å². The van der Waals surface area contributed by atoms with Gasteiger partial charge in [-0.2, -0.15) is 0 Å². The maximum atomic E-state index is 12.8. The fourth-order valence-corrected chi connectivity index (χ4v) is 7.25. The van der Waals surface area contributed by atoms with Crippen molar-refractivity contribution in [2.24, 2.45) is 0 Å². The summed E-state index contributed by atoms with van der Waals surface area (Å²) in [5.74, 6) is -0.876. The van der Waals surface area contributed by atoms with E-state index in [1.165, 1.54) is 25.7 Å². The van der Waals surface area contributed by atoms with Gasteiger partial charge in [0.15, 0.2) is 6.10 Å². The Labute approximate surface area is 428 Å². The van der Waals surface area contributed by atoms with Crippen LogP contribution in [0.5, 0.6) is 0 Å². The molecule has 0 bridgehead atoms. The van der Waals surface area contributed by atoms with Crippen molar-refractivity contribution in [3.05, 3.63) is 134 Å². The minimum atomic E-state index is -4.41. The molecule has 0 saturated heterocycles. The quantitative estimate of drug-likeness (QED) is 0.0211. The van der Waals surface area contributed by atoms with Gasteiger partial charge in [0.05, 0.1) is 27.7 Å². The van der Waals surface area contributed by atoms with Gasteiger partial charge in [-0.15, -0.1) is 0 Å². The van der Waals surface area contributed by atoms with Crippen molar-refractivity contribution in [2.45, 2.75) is 187 Å². The van der Waals surface area contributed by atoms with Crippen LogP contribution in [0.15, 0.2) is 134 Å². The van der Waals surface area contributed by atoms with Gasteiger partial charge in [-0.05, 0) is 116 Å². The monoisotopic (exact) mass is 993 g/mol. The first kappa shape index (κ1) is 66.2. The summed E-state index contributed by atoms with van der Waals surface area (Å²) in [7, 11) is 1.42. The van der Waals surface area contributed by atoms with E-state index in [2.05, 4.69) is 148 Å². The number of phosphoric acid groups is 1. The SMILES string of the molecule is CC/C=C\C/C=C\C/C=C\C/C=C\C/C=C\C/C=C\C/C=C\C/C=C\CCCCC(=O)OC(COC(=O)CCCCCCCC/C=C\C/C=C\C/C=C\CCCCC)COP(=O)(O)OCC[N+](C)(C)C. The van der Waals surface area contributed by atoms with Crippen molar-refractivity contribution in [1.29, 1.82) is 0 Å². The third-order valence-electron chi connectivity index (χ3n) is 10.7. The van der Waals surface area contributed by atoms with Crippen molar-refractivity contribution in [1.82, 2.24) is 0 Å². The smallest absolute Gasteiger partial charge is 0.462 e. The lowest BCUT2D eigenvalue weighted by molar-refractivity contribution is -0.870. The van der Waals surface area contributed by atoms with Gasteiger partial charge < -0.3 is 18.9 Å². The van der Waals surface area contributed by atoms with E-state index < -0.39 is 32.5 Å². The summed E-state index contributed by atoms with van der Waals surface area (Å²) >= 11 is 0. The van der Waals surface area contributed by atoms with Crippen LogP contribution < -0.4 is 0 Å². The van der Waals surface area contributed by atoms with E-state index in [1.807, 2.05) is 21.1 Å². The summed E-state index contributed by atoms with van der Waals surface area (Å²) in [6.45, 7) is 4.19. The van der Waals surface area contributed by atoms with Crippen LogP contribution in [-0.4, -0.2) is 74.9 Å². The van der Waals surface area contributed by atoms with Gasteiger partial charge in [0, 0.05) is 12.8 Å². The number of unbranched alkanes of at least 4 members (excludes halogenated alkanes) is 11. The van der Waals surface area contributed by atoms with E-state index in [0.717, 1.165) is 116 Å². The standard InChI is InChI=1S/C60H98NO8P/c1-6-8-10-12-14-16-18-20-22-24-26-27-28-29-30-31-32-33-35-37-39-41-43-45-47-49-51-53-60(63)69-58(57-68-70(64,65)67-55-54-61(3,4)5)56-66-59(62)52-50-48-46-44-42-40-38-36-34-25-23-21-19-17-15-13-11-9-7-2/h8,10,14-17,20-23,26-27,29-30,32-34,36-37,39,43,45,58H,6-7,9,11-13,18-19,24-25,28,31,35,38,40-42,44,46-57H2,1-5H3/p+1/b10-8-,16-14-,17-15-,22-20-,23-21-,27-26-,30-29-,33-32-,36-34-,39-37-,45-43-. The summed E-state index contributed by atoms with van der Waals surface area (Å²) in [6.07, 6.45) is 72.2. The number of ether oxygens (including phenoxy) is 2. The van der Waals surface area contributed by atoms with Crippen molar-refractivity contribution in [3.63, 3.8) is 0 Å². The molecule has 0 saturated carbocycles. The van der Waals surface area contributed by atoms with Gasteiger partial charge in [0.2, 0.25) is 0 Å². The second kappa shape index (κ2) is 50.1. The van der Waals surface area contributed by atoms with Crippen LogP contribution in [0.2, 0.25) is 0 Å². The van der Waals surface area contributed by atoms with Gasteiger partial charge in [-0.25, -0.2) is 4.57 Å². The predicted molar refractivity (Wildman–Crippen MR) is 297 cm³/mol. The van der Waals surface area contributed by atoms with Crippen LogP contribution in [0.25, 0.3) is 0 Å². The molecule has 70 heavy (non-hydrogen) atoms. The fourth-order valence-electron chi connectivity index (χ4n) is 6.51. The number of allylic oxidation sites excluding steroid dienone is 22. The Bertz CT molecular complexity index is 1640. The number of rotatable bonds is 47. The van der Waals surface area contributed by atoms with Gasteiger partial charge >= 0.3 is 19.8 Å². The van der Waals surface area contributed by atoms with Crippen molar-refractivity contribution in [3.8, 4) is 0 Å². The van der Waals surface area contributed by atoms with Gasteiger partial charge in [0.25, 0.3) is 0 Å². The highest BCUT2D eigenvalue weighted by Crippen LogP contribution is 2.43. The molecule has 0 fully saturated rings. The molecule has 0 aliphatic heterocycles. The van der Waals surface area contributed by atoms with E-state index >= 15 is 0 Å². The second-order valence-corrected chi connectivity index (χ2v) is 20.0. The number of likely N-dealkylation sites (N-methyl/N-ethyl adjacent to an activating group) is 1. The molecule has 0 aromatic rings. The van der Waals surface area contributed by atoms with Crippen LogP contribution in [0.1, 0.15) is 181 Å². The molecule has 0 heterocycles. The zero-order chi connectivity index (χ0) is 51.3. The Kier molecular flexibility index (Phi) is 47.3. The first-order valence-electron chi connectivity index (χ1n) is 26.9. The van der Waals surface area contributed by atoms with E-state index in [-0.39, 0.29) is 26.1 Å². The zero-order valence-corrected chi connectivity index (χ0v) is 45.6. The molecule has 0 aromatic carbocycles. The highest BCUT2D eigenvalue weighted by atomic mass is 31.2. The summed E-state index contributed by atoms with van der Waals surface area (Å²) in [4.78, 5) is 35.6. The van der Waals surface area contributed by atoms with Crippen LogP contribution in [0.3, 0.4) is 0 Å². The fraction of sp³-hybridized carbons (Fsp3) is 0.600.